The summed E-state index contributed by atoms with van der Waals surface area (Å²) in [7, 11) is 0. The van der Waals surface area contributed by atoms with Gasteiger partial charge in [-0.2, -0.15) is 5.10 Å². The van der Waals surface area contributed by atoms with Crippen LogP contribution in [0.2, 0.25) is 0 Å². The summed E-state index contributed by atoms with van der Waals surface area (Å²) in [4.78, 5) is 20.3. The maximum Gasteiger partial charge on any atom is 0.258 e. The second-order valence-corrected chi connectivity index (χ2v) is 7.87. The van der Waals surface area contributed by atoms with Crippen LogP contribution in [0.3, 0.4) is 0 Å². The van der Waals surface area contributed by atoms with Gasteiger partial charge in [-0.1, -0.05) is 6.07 Å². The molecule has 3 aromatic heterocycles. The third-order valence-electron chi connectivity index (χ3n) is 5.81. The Hall–Kier alpha value is -3.22. The van der Waals surface area contributed by atoms with Gasteiger partial charge in [0.2, 0.25) is 5.88 Å². The minimum Gasteiger partial charge on any atom is -0.468 e. The van der Waals surface area contributed by atoms with E-state index in [9.17, 15) is 4.79 Å². The van der Waals surface area contributed by atoms with Crippen molar-refractivity contribution >= 4 is 5.91 Å². The van der Waals surface area contributed by atoms with Crippen molar-refractivity contribution < 1.29 is 9.53 Å². The van der Waals surface area contributed by atoms with E-state index < -0.39 is 0 Å². The Morgan fingerprint density at radius 3 is 2.77 bits per heavy atom. The quantitative estimate of drug-likeness (QED) is 0.626. The molecular formula is C23H27N5O2. The van der Waals surface area contributed by atoms with Crippen LogP contribution in [-0.2, 0) is 4.79 Å². The number of hydrogen-bond acceptors (Lipinski definition) is 5. The molecule has 7 heteroatoms. The SMILES string of the molecule is Cc1cnccc1-c1cn[nH]c1C1CCC(CNC(=O)COc2ccccn2)CC1. The molecule has 0 atom stereocenters. The second-order valence-electron chi connectivity index (χ2n) is 7.87. The molecule has 0 aromatic carbocycles. The summed E-state index contributed by atoms with van der Waals surface area (Å²) in [5.74, 6) is 1.32. The van der Waals surface area contributed by atoms with Crippen LogP contribution >= 0.6 is 0 Å². The first-order valence-corrected chi connectivity index (χ1v) is 10.5. The Balaban J connectivity index is 1.25. The van der Waals surface area contributed by atoms with Crippen molar-refractivity contribution in [2.75, 3.05) is 13.2 Å². The molecule has 1 aliphatic rings. The van der Waals surface area contributed by atoms with Crippen molar-refractivity contribution in [3.05, 3.63) is 60.3 Å². The van der Waals surface area contributed by atoms with Gasteiger partial charge in [-0.15, -0.1) is 0 Å². The zero-order chi connectivity index (χ0) is 20.8. The Bertz CT molecular complexity index is 964. The second kappa shape index (κ2) is 9.52. The number of carbonyl (C=O) groups excluding carboxylic acids is 1. The molecule has 0 spiro atoms. The predicted molar refractivity (Wildman–Crippen MR) is 114 cm³/mol. The number of rotatable bonds is 7. The standard InChI is InChI=1S/C23H27N5O2/c1-16-12-24-11-9-19(16)20-14-27-28-23(20)18-7-5-17(6-8-18)13-26-21(29)15-30-22-4-2-3-10-25-22/h2-4,9-12,14,17-18H,5-8,13,15H2,1H3,(H,26,29)(H,27,28). The van der Waals surface area contributed by atoms with Gasteiger partial charge in [0, 0.05) is 48.4 Å². The molecule has 0 radical (unpaired) electrons. The lowest BCUT2D eigenvalue weighted by Crippen LogP contribution is -2.34. The van der Waals surface area contributed by atoms with Crippen LogP contribution in [0.5, 0.6) is 5.88 Å². The van der Waals surface area contributed by atoms with E-state index in [4.69, 9.17) is 4.74 Å². The molecule has 4 rings (SSSR count). The van der Waals surface area contributed by atoms with E-state index in [1.807, 2.05) is 30.7 Å². The topological polar surface area (TPSA) is 92.8 Å². The van der Waals surface area contributed by atoms with E-state index in [2.05, 4.69) is 38.5 Å². The normalized spacial score (nSPS) is 18.7. The minimum atomic E-state index is -0.105. The summed E-state index contributed by atoms with van der Waals surface area (Å²) in [6.45, 7) is 2.77. The van der Waals surface area contributed by atoms with E-state index in [0.29, 0.717) is 24.3 Å². The number of amides is 1. The molecule has 2 N–H and O–H groups in total. The molecule has 156 valence electrons. The summed E-state index contributed by atoms with van der Waals surface area (Å²) in [5, 5.41) is 10.6. The van der Waals surface area contributed by atoms with Crippen LogP contribution in [0.15, 0.2) is 49.1 Å². The maximum atomic E-state index is 12.1. The highest BCUT2D eigenvalue weighted by Gasteiger charge is 2.26. The number of carbonyl (C=O) groups is 1. The fourth-order valence-corrected chi connectivity index (χ4v) is 4.13. The first kappa shape index (κ1) is 20.1. The van der Waals surface area contributed by atoms with Gasteiger partial charge >= 0.3 is 0 Å². The third-order valence-corrected chi connectivity index (χ3v) is 5.81. The number of aromatic amines is 1. The lowest BCUT2D eigenvalue weighted by atomic mass is 9.79. The third kappa shape index (κ3) is 4.84. The van der Waals surface area contributed by atoms with Crippen LogP contribution in [0, 0.1) is 12.8 Å². The molecule has 0 saturated heterocycles. The van der Waals surface area contributed by atoms with Crippen molar-refractivity contribution in [1.29, 1.82) is 0 Å². The summed E-state index contributed by atoms with van der Waals surface area (Å²) in [6, 6.07) is 7.44. The molecule has 30 heavy (non-hydrogen) atoms. The number of nitrogens with one attached hydrogen (secondary N) is 2. The summed E-state index contributed by atoms with van der Waals surface area (Å²) < 4.78 is 5.40. The molecule has 1 amide bonds. The molecule has 1 saturated carbocycles. The van der Waals surface area contributed by atoms with Gasteiger partial charge in [0.25, 0.3) is 5.91 Å². The van der Waals surface area contributed by atoms with Crippen LogP contribution in [0.4, 0.5) is 0 Å². The van der Waals surface area contributed by atoms with E-state index in [1.54, 1.807) is 12.3 Å². The van der Waals surface area contributed by atoms with Gasteiger partial charge in [-0.25, -0.2) is 4.98 Å². The number of aromatic nitrogens is 4. The first-order valence-electron chi connectivity index (χ1n) is 10.5. The van der Waals surface area contributed by atoms with Crippen molar-refractivity contribution in [3.63, 3.8) is 0 Å². The highest BCUT2D eigenvalue weighted by atomic mass is 16.5. The Morgan fingerprint density at radius 2 is 2.00 bits per heavy atom. The molecule has 0 unspecified atom stereocenters. The summed E-state index contributed by atoms with van der Waals surface area (Å²) >= 11 is 0. The summed E-state index contributed by atoms with van der Waals surface area (Å²) in [5.41, 5.74) is 4.74. The van der Waals surface area contributed by atoms with Crippen LogP contribution in [-0.4, -0.2) is 39.2 Å². The molecule has 1 aliphatic carbocycles. The zero-order valence-electron chi connectivity index (χ0n) is 17.2. The largest absolute Gasteiger partial charge is 0.468 e. The number of pyridine rings is 2. The molecule has 3 aromatic rings. The van der Waals surface area contributed by atoms with Gasteiger partial charge in [0.15, 0.2) is 6.61 Å². The summed E-state index contributed by atoms with van der Waals surface area (Å²) in [6.07, 6.45) is 11.6. The van der Waals surface area contributed by atoms with Crippen molar-refractivity contribution in [1.82, 2.24) is 25.5 Å². The fraction of sp³-hybridized carbons (Fsp3) is 0.391. The monoisotopic (exact) mass is 405 g/mol. The lowest BCUT2D eigenvalue weighted by Gasteiger charge is -2.28. The molecule has 1 fully saturated rings. The van der Waals surface area contributed by atoms with E-state index in [0.717, 1.165) is 31.2 Å². The highest BCUT2D eigenvalue weighted by molar-refractivity contribution is 5.77. The number of H-pyrrole nitrogens is 1. The Labute approximate surface area is 176 Å². The minimum absolute atomic E-state index is 0.00481. The molecular weight excluding hydrogens is 378 g/mol. The number of nitrogens with zero attached hydrogens (tertiary/aromatic N) is 3. The highest BCUT2D eigenvalue weighted by Crippen LogP contribution is 2.39. The van der Waals surface area contributed by atoms with Crippen LogP contribution in [0.25, 0.3) is 11.1 Å². The Kier molecular flexibility index (Phi) is 6.37. The molecule has 0 bridgehead atoms. The van der Waals surface area contributed by atoms with Gasteiger partial charge in [0.1, 0.15) is 0 Å². The van der Waals surface area contributed by atoms with Crippen LogP contribution in [0.1, 0.15) is 42.9 Å². The number of aryl methyl sites for hydroxylation is 1. The van der Waals surface area contributed by atoms with Gasteiger partial charge in [-0.3, -0.25) is 14.9 Å². The van der Waals surface area contributed by atoms with Gasteiger partial charge in [0.05, 0.1) is 6.20 Å². The first-order chi connectivity index (χ1) is 14.7. The average Bonchev–Trinajstić information content (AvgIpc) is 3.27. The zero-order valence-corrected chi connectivity index (χ0v) is 17.2. The average molecular weight is 406 g/mol. The smallest absolute Gasteiger partial charge is 0.258 e. The van der Waals surface area contributed by atoms with Crippen molar-refractivity contribution in [3.8, 4) is 17.0 Å². The van der Waals surface area contributed by atoms with E-state index in [1.165, 1.54) is 16.8 Å². The van der Waals surface area contributed by atoms with Crippen molar-refractivity contribution in [2.24, 2.45) is 5.92 Å². The van der Waals surface area contributed by atoms with Gasteiger partial charge < -0.3 is 10.1 Å². The fourth-order valence-electron chi connectivity index (χ4n) is 4.13. The van der Waals surface area contributed by atoms with Crippen LogP contribution < -0.4 is 10.1 Å². The van der Waals surface area contributed by atoms with E-state index >= 15 is 0 Å². The predicted octanol–water partition coefficient (Wildman–Crippen LogP) is 3.64. The molecule has 0 aliphatic heterocycles. The maximum absolute atomic E-state index is 12.1. The molecule has 7 nitrogen and oxygen atoms in total. The lowest BCUT2D eigenvalue weighted by molar-refractivity contribution is -0.123. The molecule has 3 heterocycles. The Morgan fingerprint density at radius 1 is 1.13 bits per heavy atom. The van der Waals surface area contributed by atoms with E-state index in [-0.39, 0.29) is 12.5 Å². The van der Waals surface area contributed by atoms with Gasteiger partial charge in [-0.05, 0) is 61.8 Å². The number of hydrogen-bond donors (Lipinski definition) is 2. The number of ether oxygens (including phenoxy) is 1. The van der Waals surface area contributed by atoms with Crippen molar-refractivity contribution in [2.45, 2.75) is 38.5 Å².